The summed E-state index contributed by atoms with van der Waals surface area (Å²) in [5.41, 5.74) is 1.76. The summed E-state index contributed by atoms with van der Waals surface area (Å²) in [6.07, 6.45) is -0.835. The maximum absolute atomic E-state index is 13.1. The standard InChI is InChI=1S/C21H23N3O5/c1-12(2)19-21(26)23(17-10-9-15(24(27)28)11-18(17)29-19)14(4)20(25)22-16-8-6-5-7-13(16)3/h5-12,14,19H,1-4H3,(H,22,25). The van der Waals surface area contributed by atoms with E-state index < -0.39 is 17.1 Å². The third kappa shape index (κ3) is 3.91. The Morgan fingerprint density at radius 2 is 1.90 bits per heavy atom. The summed E-state index contributed by atoms with van der Waals surface area (Å²) in [6, 6.07) is 10.5. The normalized spacial score (nSPS) is 16.8. The van der Waals surface area contributed by atoms with E-state index in [0.29, 0.717) is 11.4 Å². The minimum Gasteiger partial charge on any atom is -0.478 e. The van der Waals surface area contributed by atoms with Crippen LogP contribution in [0.5, 0.6) is 5.75 Å². The number of nitro groups is 1. The SMILES string of the molecule is Cc1ccccc1NC(=O)C(C)N1C(=O)C(C(C)C)Oc2cc([N+](=O)[O-])ccc21. The number of anilines is 2. The predicted octanol–water partition coefficient (Wildman–Crippen LogP) is 3.68. The van der Waals surface area contributed by atoms with Crippen LogP contribution in [-0.4, -0.2) is 28.9 Å². The molecule has 3 rings (SSSR count). The topological polar surface area (TPSA) is 102 Å². The fraction of sp³-hybridized carbons (Fsp3) is 0.333. The molecule has 2 aromatic rings. The molecule has 1 aliphatic rings. The molecule has 1 N–H and O–H groups in total. The van der Waals surface area contributed by atoms with Crippen molar-refractivity contribution in [2.45, 2.75) is 39.8 Å². The molecule has 8 nitrogen and oxygen atoms in total. The molecule has 0 fully saturated rings. The molecule has 152 valence electrons. The van der Waals surface area contributed by atoms with E-state index in [0.717, 1.165) is 5.56 Å². The van der Waals surface area contributed by atoms with Gasteiger partial charge in [-0.05, 0) is 37.5 Å². The number of benzene rings is 2. The molecule has 0 saturated heterocycles. The van der Waals surface area contributed by atoms with Crippen molar-refractivity contribution >= 4 is 28.9 Å². The zero-order chi connectivity index (χ0) is 21.3. The van der Waals surface area contributed by atoms with Crippen LogP contribution in [-0.2, 0) is 9.59 Å². The maximum Gasteiger partial charge on any atom is 0.273 e. The second-order valence-corrected chi connectivity index (χ2v) is 7.38. The van der Waals surface area contributed by atoms with Gasteiger partial charge in [-0.15, -0.1) is 0 Å². The van der Waals surface area contributed by atoms with Gasteiger partial charge < -0.3 is 10.1 Å². The molecular formula is C21H23N3O5. The van der Waals surface area contributed by atoms with Crippen molar-refractivity contribution < 1.29 is 19.2 Å². The van der Waals surface area contributed by atoms with Crippen LogP contribution in [0.15, 0.2) is 42.5 Å². The van der Waals surface area contributed by atoms with Gasteiger partial charge in [0, 0.05) is 11.8 Å². The van der Waals surface area contributed by atoms with Crippen LogP contribution in [0.3, 0.4) is 0 Å². The lowest BCUT2D eigenvalue weighted by Gasteiger charge is -2.38. The third-order valence-corrected chi connectivity index (χ3v) is 4.92. The molecule has 0 aromatic heterocycles. The minimum absolute atomic E-state index is 0.141. The summed E-state index contributed by atoms with van der Waals surface area (Å²) < 4.78 is 5.77. The third-order valence-electron chi connectivity index (χ3n) is 4.92. The number of non-ortho nitro benzene ring substituents is 1. The van der Waals surface area contributed by atoms with Crippen LogP contribution >= 0.6 is 0 Å². The molecule has 0 aliphatic carbocycles. The van der Waals surface area contributed by atoms with Gasteiger partial charge in [-0.25, -0.2) is 0 Å². The molecule has 2 unspecified atom stereocenters. The van der Waals surface area contributed by atoms with Gasteiger partial charge in [0.1, 0.15) is 6.04 Å². The fourth-order valence-electron chi connectivity index (χ4n) is 3.24. The lowest BCUT2D eigenvalue weighted by atomic mass is 10.0. The average molecular weight is 397 g/mol. The van der Waals surface area contributed by atoms with Gasteiger partial charge in [0.2, 0.25) is 5.91 Å². The first-order valence-corrected chi connectivity index (χ1v) is 9.35. The zero-order valence-electron chi connectivity index (χ0n) is 16.7. The molecule has 8 heteroatoms. The van der Waals surface area contributed by atoms with Crippen LogP contribution in [0, 0.1) is 23.0 Å². The molecule has 1 aliphatic heterocycles. The summed E-state index contributed by atoms with van der Waals surface area (Å²) in [6.45, 7) is 7.14. The van der Waals surface area contributed by atoms with Gasteiger partial charge >= 0.3 is 0 Å². The lowest BCUT2D eigenvalue weighted by molar-refractivity contribution is -0.384. The van der Waals surface area contributed by atoms with Crippen LogP contribution in [0.25, 0.3) is 0 Å². The Morgan fingerprint density at radius 3 is 2.52 bits per heavy atom. The van der Waals surface area contributed by atoms with E-state index >= 15 is 0 Å². The lowest BCUT2D eigenvalue weighted by Crippen LogP contribution is -2.55. The Kier molecular flexibility index (Phi) is 5.54. The van der Waals surface area contributed by atoms with Crippen LogP contribution in [0.1, 0.15) is 26.3 Å². The van der Waals surface area contributed by atoms with Gasteiger partial charge in [0.05, 0.1) is 16.7 Å². The van der Waals surface area contributed by atoms with Crippen LogP contribution in [0.4, 0.5) is 17.1 Å². The largest absolute Gasteiger partial charge is 0.478 e. The summed E-state index contributed by atoms with van der Waals surface area (Å²) in [5.74, 6) is -0.674. The van der Waals surface area contributed by atoms with Gasteiger partial charge in [-0.3, -0.25) is 24.6 Å². The van der Waals surface area contributed by atoms with Crippen molar-refractivity contribution in [3.8, 4) is 5.75 Å². The minimum atomic E-state index is -0.840. The first-order valence-electron chi connectivity index (χ1n) is 9.35. The van der Waals surface area contributed by atoms with Crippen molar-refractivity contribution in [3.05, 3.63) is 58.1 Å². The number of rotatable bonds is 5. The fourth-order valence-corrected chi connectivity index (χ4v) is 3.24. The number of carbonyl (C=O) groups excluding carboxylic acids is 2. The van der Waals surface area contributed by atoms with E-state index in [1.165, 1.54) is 23.1 Å². The predicted molar refractivity (Wildman–Crippen MR) is 109 cm³/mol. The Hall–Kier alpha value is -3.42. The Balaban J connectivity index is 1.97. The number of carbonyl (C=O) groups is 2. The summed E-state index contributed by atoms with van der Waals surface area (Å²) in [5, 5.41) is 14.0. The Morgan fingerprint density at radius 1 is 1.21 bits per heavy atom. The number of ether oxygens (including phenoxy) is 1. The average Bonchev–Trinajstić information content (AvgIpc) is 2.68. The summed E-state index contributed by atoms with van der Waals surface area (Å²) >= 11 is 0. The smallest absolute Gasteiger partial charge is 0.273 e. The molecule has 1 heterocycles. The molecular weight excluding hydrogens is 374 g/mol. The van der Waals surface area contributed by atoms with Gasteiger partial charge in [0.15, 0.2) is 11.9 Å². The molecule has 0 radical (unpaired) electrons. The highest BCUT2D eigenvalue weighted by Crippen LogP contribution is 2.39. The molecule has 0 saturated carbocycles. The van der Waals surface area contributed by atoms with Crippen LogP contribution in [0.2, 0.25) is 0 Å². The molecule has 2 amide bonds. The monoisotopic (exact) mass is 397 g/mol. The number of hydrogen-bond acceptors (Lipinski definition) is 5. The Labute approximate surface area is 168 Å². The summed E-state index contributed by atoms with van der Waals surface area (Å²) in [7, 11) is 0. The second kappa shape index (κ2) is 7.90. The molecule has 2 atom stereocenters. The van der Waals surface area contributed by atoms with Gasteiger partial charge in [0.25, 0.3) is 11.6 Å². The first kappa shape index (κ1) is 20.3. The van der Waals surface area contributed by atoms with E-state index in [-0.39, 0.29) is 29.2 Å². The Bertz CT molecular complexity index is 973. The highest BCUT2D eigenvalue weighted by molar-refractivity contribution is 6.08. The quantitative estimate of drug-likeness (QED) is 0.612. The van der Waals surface area contributed by atoms with Crippen molar-refractivity contribution in [2.24, 2.45) is 5.92 Å². The highest BCUT2D eigenvalue weighted by Gasteiger charge is 2.41. The number of para-hydroxylation sites is 1. The van der Waals surface area contributed by atoms with E-state index in [1.54, 1.807) is 13.0 Å². The van der Waals surface area contributed by atoms with Crippen molar-refractivity contribution in [1.29, 1.82) is 0 Å². The number of amides is 2. The van der Waals surface area contributed by atoms with Crippen molar-refractivity contribution in [2.75, 3.05) is 10.2 Å². The van der Waals surface area contributed by atoms with E-state index in [4.69, 9.17) is 4.74 Å². The first-order chi connectivity index (χ1) is 13.7. The number of fused-ring (bicyclic) bond motifs is 1. The highest BCUT2D eigenvalue weighted by atomic mass is 16.6. The van der Waals surface area contributed by atoms with Crippen molar-refractivity contribution in [1.82, 2.24) is 0 Å². The molecule has 2 aromatic carbocycles. The van der Waals surface area contributed by atoms with E-state index in [2.05, 4.69) is 5.32 Å². The van der Waals surface area contributed by atoms with Crippen LogP contribution < -0.4 is 15.0 Å². The molecule has 29 heavy (non-hydrogen) atoms. The van der Waals surface area contributed by atoms with Gasteiger partial charge in [-0.1, -0.05) is 32.0 Å². The number of nitro benzene ring substituents is 1. The molecule has 0 bridgehead atoms. The number of nitrogens with one attached hydrogen (secondary N) is 1. The number of aryl methyl sites for hydroxylation is 1. The summed E-state index contributed by atoms with van der Waals surface area (Å²) in [4.78, 5) is 38.0. The second-order valence-electron chi connectivity index (χ2n) is 7.38. The number of nitrogens with zero attached hydrogens (tertiary/aromatic N) is 2. The zero-order valence-corrected chi connectivity index (χ0v) is 16.7. The van der Waals surface area contributed by atoms with Crippen molar-refractivity contribution in [3.63, 3.8) is 0 Å². The maximum atomic E-state index is 13.1. The van der Waals surface area contributed by atoms with Gasteiger partial charge in [-0.2, -0.15) is 0 Å². The van der Waals surface area contributed by atoms with E-state index in [9.17, 15) is 19.7 Å². The van der Waals surface area contributed by atoms with E-state index in [1.807, 2.05) is 39.0 Å². The number of hydrogen-bond donors (Lipinski definition) is 1. The molecule has 0 spiro atoms.